The molecule has 1 aromatic rings. The standard InChI is InChI=1S/C7H7BrClNOS/c1-10-7(11)6(9)4-2-12-3-5(4)8/h2-3,6H,1H3,(H,10,11). The third kappa shape index (κ3) is 2.00. The van der Waals surface area contributed by atoms with Crippen molar-refractivity contribution in [3.05, 3.63) is 20.8 Å². The Morgan fingerprint density at radius 3 is 2.83 bits per heavy atom. The van der Waals surface area contributed by atoms with Crippen molar-refractivity contribution in [1.29, 1.82) is 0 Å². The predicted molar refractivity (Wildman–Crippen MR) is 54.7 cm³/mol. The van der Waals surface area contributed by atoms with E-state index in [9.17, 15) is 4.79 Å². The van der Waals surface area contributed by atoms with E-state index in [4.69, 9.17) is 11.6 Å². The lowest BCUT2D eigenvalue weighted by atomic mass is 10.2. The quantitative estimate of drug-likeness (QED) is 0.821. The number of carbonyl (C=O) groups excluding carboxylic acids is 1. The Hall–Kier alpha value is -0.0600. The average molecular weight is 269 g/mol. The summed E-state index contributed by atoms with van der Waals surface area (Å²) in [5.41, 5.74) is 0.820. The minimum atomic E-state index is -0.601. The highest BCUT2D eigenvalue weighted by molar-refractivity contribution is 9.10. The maximum Gasteiger partial charge on any atom is 0.242 e. The van der Waals surface area contributed by atoms with E-state index in [-0.39, 0.29) is 5.91 Å². The number of nitrogens with one attached hydrogen (secondary N) is 1. The van der Waals surface area contributed by atoms with Gasteiger partial charge in [0.25, 0.3) is 0 Å². The number of amides is 1. The first-order valence-electron chi connectivity index (χ1n) is 3.24. The second-order valence-corrected chi connectivity index (χ2v) is 4.19. The minimum absolute atomic E-state index is 0.184. The lowest BCUT2D eigenvalue weighted by molar-refractivity contribution is -0.120. The van der Waals surface area contributed by atoms with E-state index in [0.717, 1.165) is 10.0 Å². The molecule has 0 saturated heterocycles. The maximum atomic E-state index is 11.1. The minimum Gasteiger partial charge on any atom is -0.358 e. The number of thiophene rings is 1. The summed E-state index contributed by atoms with van der Waals surface area (Å²) < 4.78 is 0.885. The number of alkyl halides is 1. The number of hydrogen-bond donors (Lipinski definition) is 1. The first kappa shape index (κ1) is 10.0. The molecule has 5 heteroatoms. The van der Waals surface area contributed by atoms with Crippen LogP contribution in [0.2, 0.25) is 0 Å². The summed E-state index contributed by atoms with van der Waals surface area (Å²) in [4.78, 5) is 11.1. The monoisotopic (exact) mass is 267 g/mol. The molecule has 0 saturated carbocycles. The van der Waals surface area contributed by atoms with Crippen LogP contribution in [0.1, 0.15) is 10.9 Å². The lowest BCUT2D eigenvalue weighted by Crippen LogP contribution is -2.22. The van der Waals surface area contributed by atoms with E-state index in [2.05, 4.69) is 21.2 Å². The maximum absolute atomic E-state index is 11.1. The molecule has 1 aromatic heterocycles. The topological polar surface area (TPSA) is 29.1 Å². The zero-order chi connectivity index (χ0) is 9.14. The Morgan fingerprint density at radius 1 is 1.75 bits per heavy atom. The molecule has 12 heavy (non-hydrogen) atoms. The van der Waals surface area contributed by atoms with Gasteiger partial charge in [0.05, 0.1) is 0 Å². The summed E-state index contributed by atoms with van der Waals surface area (Å²) in [5.74, 6) is -0.184. The summed E-state index contributed by atoms with van der Waals surface area (Å²) in [6, 6.07) is 0. The fourth-order valence-electron chi connectivity index (χ4n) is 0.740. The Bertz CT molecular complexity index is 289. The van der Waals surface area contributed by atoms with Crippen LogP contribution >= 0.6 is 38.9 Å². The molecule has 1 rings (SSSR count). The molecule has 2 nitrogen and oxygen atoms in total. The van der Waals surface area contributed by atoms with Crippen LogP contribution in [0.25, 0.3) is 0 Å². The zero-order valence-corrected chi connectivity index (χ0v) is 9.46. The van der Waals surface area contributed by atoms with E-state index in [1.54, 1.807) is 7.05 Å². The van der Waals surface area contributed by atoms with Gasteiger partial charge >= 0.3 is 0 Å². The van der Waals surface area contributed by atoms with Crippen LogP contribution in [0.3, 0.4) is 0 Å². The number of halogens is 2. The molecule has 0 aliphatic heterocycles. The average Bonchev–Trinajstić information content (AvgIpc) is 2.48. The SMILES string of the molecule is CNC(=O)C(Cl)c1cscc1Br. The second kappa shape index (κ2) is 4.25. The highest BCUT2D eigenvalue weighted by atomic mass is 79.9. The molecule has 0 aromatic carbocycles. The predicted octanol–water partition coefficient (Wildman–Crippen LogP) is 2.54. The number of likely N-dealkylation sites (N-methyl/N-ethyl adjacent to an activating group) is 1. The molecule has 0 aliphatic rings. The van der Waals surface area contributed by atoms with Gasteiger partial charge in [0, 0.05) is 22.5 Å². The normalized spacial score (nSPS) is 12.6. The van der Waals surface area contributed by atoms with Gasteiger partial charge in [-0.2, -0.15) is 11.3 Å². The Morgan fingerprint density at radius 2 is 2.42 bits per heavy atom. The van der Waals surface area contributed by atoms with Crippen LogP contribution < -0.4 is 5.32 Å². The van der Waals surface area contributed by atoms with Crippen LogP contribution in [0.15, 0.2) is 15.2 Å². The van der Waals surface area contributed by atoms with E-state index in [1.807, 2.05) is 10.8 Å². The Kier molecular flexibility index (Phi) is 3.55. The van der Waals surface area contributed by atoms with E-state index in [0.29, 0.717) is 0 Å². The highest BCUT2D eigenvalue weighted by Gasteiger charge is 2.18. The van der Waals surface area contributed by atoms with Gasteiger partial charge in [-0.05, 0) is 21.3 Å². The molecule has 0 aliphatic carbocycles. The molecule has 0 spiro atoms. The van der Waals surface area contributed by atoms with E-state index < -0.39 is 5.38 Å². The number of rotatable bonds is 2. The lowest BCUT2D eigenvalue weighted by Gasteiger charge is -2.05. The third-order valence-electron chi connectivity index (χ3n) is 1.39. The molecule has 0 radical (unpaired) electrons. The van der Waals surface area contributed by atoms with Crippen LogP contribution in [-0.4, -0.2) is 13.0 Å². The van der Waals surface area contributed by atoms with Gasteiger partial charge in [0.1, 0.15) is 5.38 Å². The third-order valence-corrected chi connectivity index (χ3v) is 3.58. The smallest absolute Gasteiger partial charge is 0.242 e. The van der Waals surface area contributed by atoms with Gasteiger partial charge < -0.3 is 5.32 Å². The molecule has 1 N–H and O–H groups in total. The van der Waals surface area contributed by atoms with Crippen molar-refractivity contribution in [2.45, 2.75) is 5.38 Å². The van der Waals surface area contributed by atoms with Crippen LogP contribution in [0.5, 0.6) is 0 Å². The second-order valence-electron chi connectivity index (χ2n) is 2.15. The van der Waals surface area contributed by atoms with Crippen molar-refractivity contribution in [2.24, 2.45) is 0 Å². The molecule has 0 bridgehead atoms. The molecule has 66 valence electrons. The summed E-state index contributed by atoms with van der Waals surface area (Å²) >= 11 is 10.7. The van der Waals surface area contributed by atoms with E-state index >= 15 is 0 Å². The van der Waals surface area contributed by atoms with Gasteiger partial charge in [-0.15, -0.1) is 11.6 Å². The first-order chi connectivity index (χ1) is 5.66. The van der Waals surface area contributed by atoms with Crippen molar-refractivity contribution < 1.29 is 4.79 Å². The fraction of sp³-hybridized carbons (Fsp3) is 0.286. The fourth-order valence-corrected chi connectivity index (χ4v) is 2.79. The van der Waals surface area contributed by atoms with Crippen molar-refractivity contribution in [2.75, 3.05) is 7.05 Å². The van der Waals surface area contributed by atoms with Crippen molar-refractivity contribution in [1.82, 2.24) is 5.32 Å². The largest absolute Gasteiger partial charge is 0.358 e. The zero-order valence-electron chi connectivity index (χ0n) is 6.30. The number of hydrogen-bond acceptors (Lipinski definition) is 2. The highest BCUT2D eigenvalue weighted by Crippen LogP contribution is 2.31. The molecule has 1 atom stereocenters. The van der Waals surface area contributed by atoms with Crippen LogP contribution in [-0.2, 0) is 4.79 Å². The summed E-state index contributed by atoms with van der Waals surface area (Å²) in [6.45, 7) is 0. The Labute approximate surface area is 88.0 Å². The molecular formula is C7H7BrClNOS. The molecule has 0 fully saturated rings. The summed E-state index contributed by atoms with van der Waals surface area (Å²) in [5, 5.41) is 5.65. The van der Waals surface area contributed by atoms with Crippen molar-refractivity contribution >= 4 is 44.8 Å². The van der Waals surface area contributed by atoms with Crippen molar-refractivity contribution in [3.8, 4) is 0 Å². The van der Waals surface area contributed by atoms with E-state index in [1.165, 1.54) is 11.3 Å². The molecule has 1 amide bonds. The van der Waals surface area contributed by atoms with Gasteiger partial charge in [-0.1, -0.05) is 0 Å². The summed E-state index contributed by atoms with van der Waals surface area (Å²) in [7, 11) is 1.57. The van der Waals surface area contributed by atoms with Crippen LogP contribution in [0, 0.1) is 0 Å². The van der Waals surface area contributed by atoms with Crippen LogP contribution in [0.4, 0.5) is 0 Å². The van der Waals surface area contributed by atoms with Gasteiger partial charge in [-0.3, -0.25) is 4.79 Å². The first-order valence-corrected chi connectivity index (χ1v) is 5.41. The summed E-state index contributed by atoms with van der Waals surface area (Å²) in [6.07, 6.45) is 0. The molecule has 1 heterocycles. The molecule has 1 unspecified atom stereocenters. The van der Waals surface area contributed by atoms with Gasteiger partial charge in [0.2, 0.25) is 5.91 Å². The Balaban J connectivity index is 2.84. The van der Waals surface area contributed by atoms with Crippen molar-refractivity contribution in [3.63, 3.8) is 0 Å². The van der Waals surface area contributed by atoms with Gasteiger partial charge in [0.15, 0.2) is 0 Å². The molecular weight excluding hydrogens is 262 g/mol. The number of carbonyl (C=O) groups is 1. The van der Waals surface area contributed by atoms with Gasteiger partial charge in [-0.25, -0.2) is 0 Å².